The van der Waals surface area contributed by atoms with Crippen LogP contribution < -0.4 is 4.74 Å². The van der Waals surface area contributed by atoms with Crippen LogP contribution in [-0.4, -0.2) is 16.4 Å². The highest BCUT2D eigenvalue weighted by molar-refractivity contribution is 9.10. The Morgan fingerprint density at radius 2 is 2.15 bits per heavy atom. The molecule has 2 rings (SSSR count). The Hall–Kier alpha value is -1.14. The fraction of sp³-hybridized carbons (Fsp3) is 0.308. The van der Waals surface area contributed by atoms with Crippen LogP contribution in [0.2, 0.25) is 5.02 Å². The number of alkyl halides is 2. The van der Waals surface area contributed by atoms with E-state index in [4.69, 9.17) is 11.6 Å². The molecule has 0 radical (unpaired) electrons. The van der Waals surface area contributed by atoms with Gasteiger partial charge in [-0.2, -0.15) is 13.9 Å². The molecule has 2 aromatic rings. The molecule has 0 aliphatic heterocycles. The van der Waals surface area contributed by atoms with Gasteiger partial charge in [0.25, 0.3) is 0 Å². The first-order valence-corrected chi connectivity index (χ1v) is 7.07. The van der Waals surface area contributed by atoms with Crippen LogP contribution in [-0.2, 0) is 13.5 Å². The normalized spacial score (nSPS) is 11.2. The number of benzene rings is 1. The molecule has 3 nitrogen and oxygen atoms in total. The van der Waals surface area contributed by atoms with Gasteiger partial charge in [-0.25, -0.2) is 0 Å². The highest BCUT2D eigenvalue weighted by atomic mass is 79.9. The molecule has 0 unspecified atom stereocenters. The van der Waals surface area contributed by atoms with Crippen molar-refractivity contribution in [2.75, 3.05) is 0 Å². The average Bonchev–Trinajstić information content (AvgIpc) is 2.65. The molecule has 0 aliphatic carbocycles. The largest absolute Gasteiger partial charge is 0.434 e. The summed E-state index contributed by atoms with van der Waals surface area (Å²) >= 11 is 9.51. The Morgan fingerprint density at radius 1 is 1.45 bits per heavy atom. The number of hydrogen-bond donors (Lipinski definition) is 0. The fourth-order valence-electron chi connectivity index (χ4n) is 1.96. The second kappa shape index (κ2) is 6.10. The average molecular weight is 366 g/mol. The van der Waals surface area contributed by atoms with Gasteiger partial charge in [0.1, 0.15) is 5.75 Å². The van der Waals surface area contributed by atoms with Crippen LogP contribution in [0.3, 0.4) is 0 Å². The molecule has 0 amide bonds. The molecule has 20 heavy (non-hydrogen) atoms. The molecule has 1 aromatic heterocycles. The van der Waals surface area contributed by atoms with E-state index in [1.807, 2.05) is 6.92 Å². The predicted molar refractivity (Wildman–Crippen MR) is 77.4 cm³/mol. The number of aryl methyl sites for hydroxylation is 2. The Labute approximate surface area is 128 Å². The highest BCUT2D eigenvalue weighted by Crippen LogP contribution is 2.38. The van der Waals surface area contributed by atoms with E-state index in [1.165, 1.54) is 6.07 Å². The van der Waals surface area contributed by atoms with Gasteiger partial charge >= 0.3 is 6.61 Å². The van der Waals surface area contributed by atoms with Crippen molar-refractivity contribution < 1.29 is 13.5 Å². The molecule has 7 heteroatoms. The molecule has 0 atom stereocenters. The van der Waals surface area contributed by atoms with Crippen molar-refractivity contribution >= 4 is 27.5 Å². The Kier molecular flexibility index (Phi) is 4.65. The van der Waals surface area contributed by atoms with E-state index in [1.54, 1.807) is 23.9 Å². The highest BCUT2D eigenvalue weighted by Gasteiger charge is 2.20. The second-order valence-electron chi connectivity index (χ2n) is 4.11. The van der Waals surface area contributed by atoms with Crippen LogP contribution in [0, 0.1) is 0 Å². The van der Waals surface area contributed by atoms with Crippen LogP contribution in [0.1, 0.15) is 12.6 Å². The number of ether oxygens (including phenoxy) is 1. The first-order valence-electron chi connectivity index (χ1n) is 5.90. The van der Waals surface area contributed by atoms with Gasteiger partial charge in [-0.15, -0.1) is 0 Å². The second-order valence-corrected chi connectivity index (χ2v) is 5.40. The molecule has 0 bridgehead atoms. The van der Waals surface area contributed by atoms with Gasteiger partial charge in [-0.05, 0) is 24.6 Å². The first kappa shape index (κ1) is 15.3. The lowest BCUT2D eigenvalue weighted by atomic mass is 10.1. The van der Waals surface area contributed by atoms with Gasteiger partial charge < -0.3 is 4.74 Å². The Morgan fingerprint density at radius 3 is 2.70 bits per heavy atom. The third-order valence-electron chi connectivity index (χ3n) is 2.81. The van der Waals surface area contributed by atoms with E-state index < -0.39 is 6.61 Å². The van der Waals surface area contributed by atoms with Crippen LogP contribution in [0.25, 0.3) is 11.3 Å². The lowest BCUT2D eigenvalue weighted by molar-refractivity contribution is -0.0495. The first-order chi connectivity index (χ1) is 9.43. The molecule has 0 aliphatic rings. The van der Waals surface area contributed by atoms with Gasteiger partial charge in [-0.3, -0.25) is 4.68 Å². The minimum Gasteiger partial charge on any atom is -0.434 e. The van der Waals surface area contributed by atoms with Crippen molar-refractivity contribution in [3.05, 3.63) is 33.4 Å². The molecule has 0 fully saturated rings. The standard InChI is InChI=1S/C13H12BrClF2N2O/c1-3-9-11(15)12(19(2)18-9)8-5-4-7(14)6-10(8)20-13(16)17/h4-6,13H,3H2,1-2H3. The van der Waals surface area contributed by atoms with Gasteiger partial charge in [0.15, 0.2) is 0 Å². The quantitative estimate of drug-likeness (QED) is 0.787. The molecule has 1 heterocycles. The maximum absolute atomic E-state index is 12.5. The van der Waals surface area contributed by atoms with Crippen molar-refractivity contribution in [2.45, 2.75) is 20.0 Å². The van der Waals surface area contributed by atoms with E-state index >= 15 is 0 Å². The van der Waals surface area contributed by atoms with Gasteiger partial charge in [0, 0.05) is 17.1 Å². The Balaban J connectivity index is 2.60. The zero-order valence-corrected chi connectivity index (χ0v) is 13.2. The summed E-state index contributed by atoms with van der Waals surface area (Å²) < 4.78 is 31.8. The summed E-state index contributed by atoms with van der Waals surface area (Å²) in [6.45, 7) is -0.975. The molecular formula is C13H12BrClF2N2O. The molecule has 0 saturated carbocycles. The van der Waals surface area contributed by atoms with Gasteiger partial charge in [0.05, 0.1) is 16.4 Å². The Bertz CT molecular complexity index is 631. The summed E-state index contributed by atoms with van der Waals surface area (Å²) in [6.07, 6.45) is 0.661. The third kappa shape index (κ3) is 2.96. The molecule has 0 spiro atoms. The molecule has 0 saturated heterocycles. The smallest absolute Gasteiger partial charge is 0.387 e. The van der Waals surface area contributed by atoms with E-state index in [0.29, 0.717) is 27.2 Å². The number of hydrogen-bond acceptors (Lipinski definition) is 2. The maximum Gasteiger partial charge on any atom is 0.387 e. The molecule has 0 N–H and O–H groups in total. The number of nitrogens with zero attached hydrogens (tertiary/aromatic N) is 2. The van der Waals surface area contributed by atoms with Crippen molar-refractivity contribution in [3.63, 3.8) is 0 Å². The summed E-state index contributed by atoms with van der Waals surface area (Å²) in [7, 11) is 1.72. The lowest BCUT2D eigenvalue weighted by Gasteiger charge is -2.12. The number of halogens is 4. The van der Waals surface area contributed by atoms with Gasteiger partial charge in [-0.1, -0.05) is 34.5 Å². The van der Waals surface area contributed by atoms with Gasteiger partial charge in [0.2, 0.25) is 0 Å². The number of rotatable bonds is 4. The minimum atomic E-state index is -2.90. The summed E-state index contributed by atoms with van der Waals surface area (Å²) in [5.74, 6) is 0.0573. The fourth-order valence-corrected chi connectivity index (χ4v) is 2.69. The van der Waals surface area contributed by atoms with Crippen LogP contribution >= 0.6 is 27.5 Å². The predicted octanol–water partition coefficient (Wildman–Crippen LogP) is 4.67. The molecular weight excluding hydrogens is 354 g/mol. The van der Waals surface area contributed by atoms with Crippen molar-refractivity contribution in [1.82, 2.24) is 9.78 Å². The summed E-state index contributed by atoms with van der Waals surface area (Å²) in [5.41, 5.74) is 1.76. The summed E-state index contributed by atoms with van der Waals surface area (Å²) in [6, 6.07) is 4.89. The monoisotopic (exact) mass is 364 g/mol. The maximum atomic E-state index is 12.5. The minimum absolute atomic E-state index is 0.0573. The van der Waals surface area contributed by atoms with Crippen molar-refractivity contribution in [3.8, 4) is 17.0 Å². The summed E-state index contributed by atoms with van der Waals surface area (Å²) in [5, 5.41) is 4.73. The van der Waals surface area contributed by atoms with Crippen LogP contribution in [0.15, 0.2) is 22.7 Å². The zero-order chi connectivity index (χ0) is 14.9. The zero-order valence-electron chi connectivity index (χ0n) is 10.8. The van der Waals surface area contributed by atoms with Crippen molar-refractivity contribution in [2.24, 2.45) is 7.05 Å². The van der Waals surface area contributed by atoms with E-state index in [2.05, 4.69) is 25.8 Å². The molecule has 1 aromatic carbocycles. The number of aromatic nitrogens is 2. The SMILES string of the molecule is CCc1nn(C)c(-c2ccc(Br)cc2OC(F)F)c1Cl. The van der Waals surface area contributed by atoms with Crippen molar-refractivity contribution in [1.29, 1.82) is 0 Å². The van der Waals surface area contributed by atoms with E-state index in [0.717, 1.165) is 5.69 Å². The topological polar surface area (TPSA) is 27.1 Å². The third-order valence-corrected chi connectivity index (χ3v) is 3.70. The van der Waals surface area contributed by atoms with E-state index in [-0.39, 0.29) is 5.75 Å². The van der Waals surface area contributed by atoms with Crippen LogP contribution in [0.4, 0.5) is 8.78 Å². The molecule has 108 valence electrons. The lowest BCUT2D eigenvalue weighted by Crippen LogP contribution is -2.04. The van der Waals surface area contributed by atoms with E-state index in [9.17, 15) is 8.78 Å². The summed E-state index contributed by atoms with van der Waals surface area (Å²) in [4.78, 5) is 0. The van der Waals surface area contributed by atoms with Crippen LogP contribution in [0.5, 0.6) is 5.75 Å².